The molecule has 0 spiro atoms. The molecule has 2 atom stereocenters. The number of hydrogen-bond acceptors (Lipinski definition) is 4. The van der Waals surface area contributed by atoms with Gasteiger partial charge >= 0.3 is 0 Å². The lowest BCUT2D eigenvalue weighted by Crippen LogP contribution is -2.53. The van der Waals surface area contributed by atoms with E-state index in [1.54, 1.807) is 18.2 Å². The van der Waals surface area contributed by atoms with Gasteiger partial charge in [-0.1, -0.05) is 30.7 Å². The van der Waals surface area contributed by atoms with E-state index in [2.05, 4.69) is 5.32 Å². The van der Waals surface area contributed by atoms with E-state index in [1.807, 2.05) is 23.6 Å². The van der Waals surface area contributed by atoms with Gasteiger partial charge in [0.2, 0.25) is 5.78 Å². The summed E-state index contributed by atoms with van der Waals surface area (Å²) in [5, 5.41) is 5.13. The number of hydrogen-bond donors (Lipinski definition) is 2. The molecule has 1 aromatic heterocycles. The molecule has 2 aliphatic carbocycles. The molecule has 2 aromatic rings. The number of carbonyl (C=O) groups is 2. The zero-order valence-corrected chi connectivity index (χ0v) is 16.7. The van der Waals surface area contributed by atoms with Gasteiger partial charge in [-0.2, -0.15) is 0 Å². The van der Waals surface area contributed by atoms with Crippen molar-refractivity contribution in [3.63, 3.8) is 0 Å². The highest BCUT2D eigenvalue weighted by Crippen LogP contribution is 2.39. The first-order valence-electron chi connectivity index (χ1n) is 9.37. The van der Waals surface area contributed by atoms with Crippen LogP contribution < -0.4 is 11.1 Å². The van der Waals surface area contributed by atoms with Crippen molar-refractivity contribution in [2.75, 3.05) is 0 Å². The fourth-order valence-electron chi connectivity index (χ4n) is 4.67. The first-order valence-corrected chi connectivity index (χ1v) is 10.2. The normalized spacial score (nSPS) is 26.7. The lowest BCUT2D eigenvalue weighted by atomic mass is 9.67. The van der Waals surface area contributed by atoms with Crippen molar-refractivity contribution in [2.45, 2.75) is 44.2 Å². The van der Waals surface area contributed by atoms with Gasteiger partial charge in [-0.3, -0.25) is 9.59 Å². The predicted molar refractivity (Wildman–Crippen MR) is 111 cm³/mol. The molecule has 27 heavy (non-hydrogen) atoms. The zero-order chi connectivity index (χ0) is 18.1. The molecule has 0 saturated heterocycles. The first-order chi connectivity index (χ1) is 12.6. The van der Waals surface area contributed by atoms with Gasteiger partial charge in [0.05, 0.1) is 10.4 Å². The van der Waals surface area contributed by atoms with Gasteiger partial charge < -0.3 is 11.1 Å². The second-order valence-corrected chi connectivity index (χ2v) is 8.48. The summed E-state index contributed by atoms with van der Waals surface area (Å²) in [6.45, 7) is 0. The number of nitrogens with one attached hydrogen (secondary N) is 1. The van der Waals surface area contributed by atoms with Crippen LogP contribution in [0.5, 0.6) is 0 Å². The Morgan fingerprint density at radius 2 is 1.67 bits per heavy atom. The lowest BCUT2D eigenvalue weighted by Gasteiger charge is -2.45. The van der Waals surface area contributed by atoms with Crippen molar-refractivity contribution in [2.24, 2.45) is 17.6 Å². The van der Waals surface area contributed by atoms with Crippen LogP contribution in [-0.2, 0) is 0 Å². The summed E-state index contributed by atoms with van der Waals surface area (Å²) in [5.41, 5.74) is 7.14. The van der Waals surface area contributed by atoms with Crippen molar-refractivity contribution < 1.29 is 9.59 Å². The average Bonchev–Trinajstić information content (AvgIpc) is 3.16. The smallest absolute Gasteiger partial charge is 0.252 e. The number of ketones is 1. The third-order valence-corrected chi connectivity index (χ3v) is 6.70. The number of rotatable bonds is 4. The Labute approximate surface area is 169 Å². The van der Waals surface area contributed by atoms with Crippen molar-refractivity contribution in [3.05, 3.63) is 57.8 Å². The van der Waals surface area contributed by atoms with Crippen LogP contribution >= 0.6 is 23.7 Å². The molecule has 0 aliphatic heterocycles. The number of nitrogens with two attached hydrogens (primary N) is 1. The minimum Gasteiger partial charge on any atom is -0.349 e. The van der Waals surface area contributed by atoms with Gasteiger partial charge in [0.15, 0.2) is 0 Å². The minimum atomic E-state index is -0.136. The molecule has 2 fully saturated rings. The molecule has 2 bridgehead atoms. The summed E-state index contributed by atoms with van der Waals surface area (Å²) < 4.78 is 0. The van der Waals surface area contributed by atoms with E-state index >= 15 is 0 Å². The third-order valence-electron chi connectivity index (χ3n) is 5.84. The number of amides is 1. The third kappa shape index (κ3) is 4.10. The lowest BCUT2D eigenvalue weighted by molar-refractivity contribution is 0.0753. The van der Waals surface area contributed by atoms with Crippen LogP contribution in [0.15, 0.2) is 41.8 Å². The molecule has 2 unspecified atom stereocenters. The zero-order valence-electron chi connectivity index (χ0n) is 15.1. The van der Waals surface area contributed by atoms with E-state index in [9.17, 15) is 9.59 Å². The maximum Gasteiger partial charge on any atom is 0.252 e. The summed E-state index contributed by atoms with van der Waals surface area (Å²) in [5.74, 6) is 0.697. The molecule has 4 rings (SSSR count). The first kappa shape index (κ1) is 20.1. The quantitative estimate of drug-likeness (QED) is 0.755. The van der Waals surface area contributed by atoms with E-state index in [0.717, 1.165) is 25.7 Å². The van der Waals surface area contributed by atoms with E-state index in [4.69, 9.17) is 5.73 Å². The summed E-state index contributed by atoms with van der Waals surface area (Å²) in [6, 6.07) is 11.2. The molecule has 3 N–H and O–H groups in total. The highest BCUT2D eigenvalue weighted by atomic mass is 35.5. The summed E-state index contributed by atoms with van der Waals surface area (Å²) in [7, 11) is 0. The van der Waals surface area contributed by atoms with Gasteiger partial charge in [-0.15, -0.1) is 23.7 Å². The standard InChI is InChI=1S/C21H24N2O2S.ClH/c22-15-11-13-5-3-6-14(12-15)19(13)23-21(25)17-8-2-1-7-16(17)20(24)18-9-4-10-26-18;/h1-2,4,7-10,13-15,19H,3,5-6,11-12,22H2,(H,23,25);1H. The SMILES string of the molecule is Cl.NC1CC2CCCC(C1)C2NC(=O)c1ccccc1C(=O)c1cccs1. The van der Waals surface area contributed by atoms with Gasteiger partial charge in [-0.25, -0.2) is 0 Å². The highest BCUT2D eigenvalue weighted by Gasteiger charge is 2.40. The minimum absolute atomic E-state index is 0. The molecule has 1 aromatic carbocycles. The molecule has 2 saturated carbocycles. The van der Waals surface area contributed by atoms with Crippen LogP contribution in [0.25, 0.3) is 0 Å². The van der Waals surface area contributed by atoms with E-state index in [1.165, 1.54) is 17.8 Å². The maximum atomic E-state index is 13.0. The number of carbonyl (C=O) groups excluding carboxylic acids is 2. The number of fused-ring (bicyclic) bond motifs is 2. The summed E-state index contributed by atoms with van der Waals surface area (Å²) >= 11 is 1.40. The topological polar surface area (TPSA) is 72.2 Å². The summed E-state index contributed by atoms with van der Waals surface area (Å²) in [6.07, 6.45) is 5.45. The van der Waals surface area contributed by atoms with Crippen molar-refractivity contribution >= 4 is 35.4 Å². The van der Waals surface area contributed by atoms with Crippen LogP contribution in [0.2, 0.25) is 0 Å². The van der Waals surface area contributed by atoms with Crippen molar-refractivity contribution in [1.29, 1.82) is 0 Å². The van der Waals surface area contributed by atoms with E-state index in [0.29, 0.717) is 27.8 Å². The Balaban J connectivity index is 0.00000210. The van der Waals surface area contributed by atoms with Gasteiger partial charge in [0.25, 0.3) is 5.91 Å². The van der Waals surface area contributed by atoms with E-state index in [-0.39, 0.29) is 36.2 Å². The van der Waals surface area contributed by atoms with Crippen LogP contribution in [0.3, 0.4) is 0 Å². The van der Waals surface area contributed by atoms with Crippen LogP contribution in [0.1, 0.15) is 57.7 Å². The second kappa shape index (κ2) is 8.55. The fraction of sp³-hybridized carbons (Fsp3) is 0.429. The Morgan fingerprint density at radius 1 is 1.00 bits per heavy atom. The molecule has 6 heteroatoms. The Morgan fingerprint density at radius 3 is 2.30 bits per heavy atom. The van der Waals surface area contributed by atoms with Gasteiger partial charge in [0.1, 0.15) is 0 Å². The molecule has 0 radical (unpaired) electrons. The number of thiophene rings is 1. The number of benzene rings is 1. The van der Waals surface area contributed by atoms with Crippen LogP contribution in [-0.4, -0.2) is 23.8 Å². The molecule has 1 amide bonds. The van der Waals surface area contributed by atoms with Crippen LogP contribution in [0, 0.1) is 11.8 Å². The molecule has 1 heterocycles. The molecule has 2 aliphatic rings. The Hall–Kier alpha value is -1.69. The van der Waals surface area contributed by atoms with E-state index < -0.39 is 0 Å². The highest BCUT2D eigenvalue weighted by molar-refractivity contribution is 7.12. The molecular formula is C21H25ClN2O2S. The largest absolute Gasteiger partial charge is 0.349 e. The average molecular weight is 405 g/mol. The van der Waals surface area contributed by atoms with Crippen molar-refractivity contribution in [1.82, 2.24) is 5.32 Å². The monoisotopic (exact) mass is 404 g/mol. The number of halogens is 1. The molecule has 4 nitrogen and oxygen atoms in total. The predicted octanol–water partition coefficient (Wildman–Crippen LogP) is 4.04. The second-order valence-electron chi connectivity index (χ2n) is 7.53. The Bertz CT molecular complexity index is 794. The Kier molecular flexibility index (Phi) is 6.35. The van der Waals surface area contributed by atoms with Crippen LogP contribution in [0.4, 0.5) is 0 Å². The molecular weight excluding hydrogens is 380 g/mol. The van der Waals surface area contributed by atoms with Gasteiger partial charge in [0, 0.05) is 17.6 Å². The summed E-state index contributed by atoms with van der Waals surface area (Å²) in [4.78, 5) is 26.5. The van der Waals surface area contributed by atoms with Gasteiger partial charge in [-0.05, 0) is 55.0 Å². The maximum absolute atomic E-state index is 13.0. The van der Waals surface area contributed by atoms with Crippen molar-refractivity contribution in [3.8, 4) is 0 Å². The fourth-order valence-corrected chi connectivity index (χ4v) is 5.35. The molecule has 144 valence electrons.